The standard InChI is InChI=1S/C14H11Br2NO4S/c1-9(18)17-11-3-5-12(6-4-11)21-22(19,20)14-8-10(15)2-7-13(14)16/h2-8H,1H3,(H,17,18). The summed E-state index contributed by atoms with van der Waals surface area (Å²) in [5.74, 6) is -0.0552. The summed E-state index contributed by atoms with van der Waals surface area (Å²) in [5, 5.41) is 2.59. The summed E-state index contributed by atoms with van der Waals surface area (Å²) in [6, 6.07) is 10.8. The normalized spacial score (nSPS) is 11.0. The van der Waals surface area contributed by atoms with Crippen molar-refractivity contribution in [3.63, 3.8) is 0 Å². The molecule has 1 amide bonds. The first kappa shape index (κ1) is 17.0. The molecule has 116 valence electrons. The molecule has 2 rings (SSSR count). The molecule has 0 saturated carbocycles. The fourth-order valence-electron chi connectivity index (χ4n) is 1.64. The minimum atomic E-state index is -3.97. The molecule has 2 aromatic rings. The Bertz CT molecular complexity index is 804. The van der Waals surface area contributed by atoms with E-state index in [1.165, 1.54) is 25.1 Å². The van der Waals surface area contributed by atoms with Gasteiger partial charge in [-0.05, 0) is 58.4 Å². The van der Waals surface area contributed by atoms with E-state index in [4.69, 9.17) is 4.18 Å². The average molecular weight is 449 g/mol. The zero-order valence-electron chi connectivity index (χ0n) is 11.3. The molecular weight excluding hydrogens is 438 g/mol. The van der Waals surface area contributed by atoms with Crippen molar-refractivity contribution in [2.75, 3.05) is 5.32 Å². The van der Waals surface area contributed by atoms with Gasteiger partial charge in [0.05, 0.1) is 0 Å². The molecule has 1 N–H and O–H groups in total. The summed E-state index contributed by atoms with van der Waals surface area (Å²) in [6.45, 7) is 1.39. The molecule has 0 bridgehead atoms. The van der Waals surface area contributed by atoms with Crippen molar-refractivity contribution >= 4 is 53.6 Å². The van der Waals surface area contributed by atoms with E-state index in [-0.39, 0.29) is 16.6 Å². The van der Waals surface area contributed by atoms with Crippen LogP contribution in [-0.4, -0.2) is 14.3 Å². The third-order valence-corrected chi connectivity index (χ3v) is 5.28. The van der Waals surface area contributed by atoms with Crippen LogP contribution in [0.4, 0.5) is 5.69 Å². The minimum absolute atomic E-state index is 0.0211. The van der Waals surface area contributed by atoms with Crippen molar-refractivity contribution in [2.45, 2.75) is 11.8 Å². The van der Waals surface area contributed by atoms with Gasteiger partial charge in [0.1, 0.15) is 10.6 Å². The third kappa shape index (κ3) is 4.31. The number of rotatable bonds is 4. The lowest BCUT2D eigenvalue weighted by atomic mass is 10.3. The van der Waals surface area contributed by atoms with Gasteiger partial charge < -0.3 is 9.50 Å². The molecule has 5 nitrogen and oxygen atoms in total. The van der Waals surface area contributed by atoms with Gasteiger partial charge in [0.15, 0.2) is 0 Å². The Labute approximate surface area is 145 Å². The summed E-state index contributed by atoms with van der Waals surface area (Å²) in [7, 11) is -3.97. The first-order valence-electron chi connectivity index (χ1n) is 6.05. The Hall–Kier alpha value is -1.38. The van der Waals surface area contributed by atoms with E-state index in [1.54, 1.807) is 24.3 Å². The Morgan fingerprint density at radius 2 is 1.73 bits per heavy atom. The summed E-state index contributed by atoms with van der Waals surface area (Å²) in [6.07, 6.45) is 0. The van der Waals surface area contributed by atoms with Crippen LogP contribution in [0.5, 0.6) is 5.75 Å². The van der Waals surface area contributed by atoms with Crippen LogP contribution in [0.25, 0.3) is 0 Å². The van der Waals surface area contributed by atoms with Gasteiger partial charge in [-0.2, -0.15) is 8.42 Å². The van der Waals surface area contributed by atoms with E-state index >= 15 is 0 Å². The lowest BCUT2D eigenvalue weighted by molar-refractivity contribution is -0.114. The summed E-state index contributed by atoms with van der Waals surface area (Å²) in [5.41, 5.74) is 0.556. The van der Waals surface area contributed by atoms with Gasteiger partial charge in [0, 0.05) is 21.6 Å². The lowest BCUT2D eigenvalue weighted by Crippen LogP contribution is -2.11. The first-order chi connectivity index (χ1) is 10.3. The van der Waals surface area contributed by atoms with Gasteiger partial charge in [-0.25, -0.2) is 0 Å². The quantitative estimate of drug-likeness (QED) is 0.719. The average Bonchev–Trinajstić information content (AvgIpc) is 2.43. The summed E-state index contributed by atoms with van der Waals surface area (Å²) < 4.78 is 30.7. The molecule has 0 aliphatic heterocycles. The molecule has 0 radical (unpaired) electrons. The van der Waals surface area contributed by atoms with E-state index in [2.05, 4.69) is 37.2 Å². The molecule has 0 aromatic heterocycles. The Balaban J connectivity index is 2.25. The Morgan fingerprint density at radius 3 is 2.32 bits per heavy atom. The maximum Gasteiger partial charge on any atom is 0.340 e. The van der Waals surface area contributed by atoms with Crippen LogP contribution in [-0.2, 0) is 14.9 Å². The van der Waals surface area contributed by atoms with Gasteiger partial charge >= 0.3 is 10.1 Å². The number of hydrogen-bond donors (Lipinski definition) is 1. The second-order valence-corrected chi connectivity index (χ2v) is 7.60. The second-order valence-electron chi connectivity index (χ2n) is 4.32. The SMILES string of the molecule is CC(=O)Nc1ccc(OS(=O)(=O)c2cc(Br)ccc2Br)cc1. The largest absolute Gasteiger partial charge is 0.379 e. The van der Waals surface area contributed by atoms with E-state index in [0.717, 1.165) is 0 Å². The Morgan fingerprint density at radius 1 is 1.09 bits per heavy atom. The van der Waals surface area contributed by atoms with Gasteiger partial charge in [0.25, 0.3) is 0 Å². The molecule has 8 heteroatoms. The van der Waals surface area contributed by atoms with Crippen molar-refractivity contribution in [2.24, 2.45) is 0 Å². The molecule has 22 heavy (non-hydrogen) atoms. The van der Waals surface area contributed by atoms with Crippen LogP contribution in [0.3, 0.4) is 0 Å². The molecule has 0 unspecified atom stereocenters. The van der Waals surface area contributed by atoms with Crippen LogP contribution in [0.1, 0.15) is 6.92 Å². The van der Waals surface area contributed by atoms with Gasteiger partial charge in [-0.1, -0.05) is 15.9 Å². The summed E-state index contributed by atoms with van der Waals surface area (Å²) in [4.78, 5) is 11.0. The first-order valence-corrected chi connectivity index (χ1v) is 9.04. The highest BCUT2D eigenvalue weighted by molar-refractivity contribution is 9.11. The fourth-order valence-corrected chi connectivity index (χ4v) is 4.02. The van der Waals surface area contributed by atoms with E-state index < -0.39 is 10.1 Å². The topological polar surface area (TPSA) is 72.5 Å². The number of anilines is 1. The molecular formula is C14H11Br2NO4S. The smallest absolute Gasteiger partial charge is 0.340 e. The van der Waals surface area contributed by atoms with Gasteiger partial charge in [-0.15, -0.1) is 0 Å². The minimum Gasteiger partial charge on any atom is -0.379 e. The predicted molar refractivity (Wildman–Crippen MR) is 90.4 cm³/mol. The maximum atomic E-state index is 12.3. The van der Waals surface area contributed by atoms with Gasteiger partial charge in [0.2, 0.25) is 5.91 Å². The molecule has 0 fully saturated rings. The molecule has 0 aliphatic rings. The van der Waals surface area contributed by atoms with Crippen molar-refractivity contribution in [1.82, 2.24) is 0 Å². The van der Waals surface area contributed by atoms with Crippen LogP contribution >= 0.6 is 31.9 Å². The lowest BCUT2D eigenvalue weighted by Gasteiger charge is -2.09. The van der Waals surface area contributed by atoms with Gasteiger partial charge in [-0.3, -0.25) is 4.79 Å². The molecule has 0 atom stereocenters. The number of amides is 1. The maximum absolute atomic E-state index is 12.3. The van der Waals surface area contributed by atoms with E-state index in [9.17, 15) is 13.2 Å². The van der Waals surface area contributed by atoms with E-state index in [0.29, 0.717) is 14.6 Å². The molecule has 0 heterocycles. The van der Waals surface area contributed by atoms with Crippen molar-refractivity contribution < 1.29 is 17.4 Å². The predicted octanol–water partition coefficient (Wildman–Crippen LogP) is 3.94. The number of benzene rings is 2. The molecule has 2 aromatic carbocycles. The highest BCUT2D eigenvalue weighted by Gasteiger charge is 2.20. The van der Waals surface area contributed by atoms with E-state index in [1.807, 2.05) is 0 Å². The molecule has 0 saturated heterocycles. The fraction of sp³-hybridized carbons (Fsp3) is 0.0714. The Kier molecular flexibility index (Phi) is 5.25. The number of halogens is 2. The molecule has 0 aliphatic carbocycles. The zero-order chi connectivity index (χ0) is 16.3. The van der Waals surface area contributed by atoms with Crippen molar-refractivity contribution in [3.05, 3.63) is 51.4 Å². The number of carbonyl (C=O) groups is 1. The summed E-state index contributed by atoms with van der Waals surface area (Å²) >= 11 is 6.42. The van der Waals surface area contributed by atoms with Crippen LogP contribution in [0.2, 0.25) is 0 Å². The third-order valence-electron chi connectivity index (χ3n) is 2.54. The monoisotopic (exact) mass is 447 g/mol. The second kappa shape index (κ2) is 6.80. The zero-order valence-corrected chi connectivity index (χ0v) is 15.3. The number of nitrogens with one attached hydrogen (secondary N) is 1. The van der Waals surface area contributed by atoms with Crippen molar-refractivity contribution in [3.8, 4) is 5.75 Å². The van der Waals surface area contributed by atoms with Crippen LogP contribution < -0.4 is 9.50 Å². The number of hydrogen-bond acceptors (Lipinski definition) is 4. The van der Waals surface area contributed by atoms with Crippen LogP contribution in [0, 0.1) is 0 Å². The molecule has 0 spiro atoms. The number of carbonyl (C=O) groups excluding carboxylic acids is 1. The van der Waals surface area contributed by atoms with Crippen LogP contribution in [0.15, 0.2) is 56.3 Å². The highest BCUT2D eigenvalue weighted by Crippen LogP contribution is 2.28. The van der Waals surface area contributed by atoms with Crippen molar-refractivity contribution in [1.29, 1.82) is 0 Å². The highest BCUT2D eigenvalue weighted by atomic mass is 79.9.